The quantitative estimate of drug-likeness (QED) is 0.620. The maximum atomic E-state index is 6.45. The largest absolute Gasteiger partial charge is 0.378 e. The number of hydrogen-bond donors (Lipinski definition) is 3. The zero-order chi connectivity index (χ0) is 19.5. The van der Waals surface area contributed by atoms with Crippen molar-refractivity contribution in [2.45, 2.75) is 94.5 Å². The molecule has 3 saturated heterocycles. The van der Waals surface area contributed by atoms with E-state index in [4.69, 9.17) is 9.47 Å². The highest BCUT2D eigenvalue weighted by Crippen LogP contribution is 2.41. The molecule has 5 rings (SSSR count). The Hall–Kier alpha value is -0.240. The molecule has 5 aliphatic rings. The summed E-state index contributed by atoms with van der Waals surface area (Å²) >= 11 is 0. The minimum absolute atomic E-state index is 0.420. The zero-order valence-corrected chi connectivity index (χ0v) is 18.1. The molecule has 0 spiro atoms. The third-order valence-electron chi connectivity index (χ3n) is 8.32. The summed E-state index contributed by atoms with van der Waals surface area (Å²) in [5, 5.41) is 3.55. The Balaban J connectivity index is 1.32. The number of nitrogens with zero attached hydrogens (tertiary/aromatic N) is 1. The van der Waals surface area contributed by atoms with Gasteiger partial charge in [0.2, 0.25) is 0 Å². The molecule has 29 heavy (non-hydrogen) atoms. The molecule has 7 atom stereocenters. The van der Waals surface area contributed by atoms with Crippen molar-refractivity contribution in [3.05, 3.63) is 0 Å². The molecule has 3 N–H and O–H groups in total. The molecule has 0 amide bonds. The predicted molar refractivity (Wildman–Crippen MR) is 115 cm³/mol. The van der Waals surface area contributed by atoms with E-state index >= 15 is 0 Å². The van der Waals surface area contributed by atoms with E-state index in [0.717, 1.165) is 32.7 Å². The maximum Gasteiger partial charge on any atom is 0.0594 e. The smallest absolute Gasteiger partial charge is 0.0594 e. The third kappa shape index (κ3) is 4.99. The van der Waals surface area contributed by atoms with Crippen LogP contribution >= 0.6 is 0 Å². The Morgan fingerprint density at radius 3 is 2.55 bits per heavy atom. The normalized spacial score (nSPS) is 45.3. The van der Waals surface area contributed by atoms with Crippen molar-refractivity contribution in [3.63, 3.8) is 0 Å². The molecule has 2 saturated carbocycles. The molecular weight excluding hydrogens is 364 g/mol. The highest BCUT2D eigenvalue weighted by molar-refractivity contribution is 5.01. The number of rotatable bonds is 1. The van der Waals surface area contributed by atoms with Gasteiger partial charge in [0.15, 0.2) is 0 Å². The Bertz CT molecular complexity index is 515. The summed E-state index contributed by atoms with van der Waals surface area (Å²) < 4.78 is 12.8. The van der Waals surface area contributed by atoms with Crippen LogP contribution in [0.15, 0.2) is 0 Å². The van der Waals surface area contributed by atoms with Crippen LogP contribution in [0.4, 0.5) is 0 Å². The summed E-state index contributed by atoms with van der Waals surface area (Å²) in [4.78, 5) is 2.80. The van der Waals surface area contributed by atoms with Crippen molar-refractivity contribution in [2.24, 2.45) is 11.8 Å². The predicted octanol–water partition coefficient (Wildman–Crippen LogP) is 2.05. The minimum Gasteiger partial charge on any atom is -0.378 e. The van der Waals surface area contributed by atoms with E-state index in [1.54, 1.807) is 0 Å². The van der Waals surface area contributed by atoms with Crippen LogP contribution in [0.2, 0.25) is 0 Å². The lowest BCUT2D eigenvalue weighted by Gasteiger charge is -2.45. The van der Waals surface area contributed by atoms with Crippen LogP contribution in [0.1, 0.15) is 64.2 Å². The highest BCUT2D eigenvalue weighted by atomic mass is 16.5. The van der Waals surface area contributed by atoms with Crippen LogP contribution in [-0.2, 0) is 9.47 Å². The van der Waals surface area contributed by atoms with E-state index in [-0.39, 0.29) is 0 Å². The molecule has 0 aromatic carbocycles. The SMILES string of the molecule is C1CCN(C2CC3CC(C2)C2NNC4CCC(CC42)OCCCNCCO3)CC1. The van der Waals surface area contributed by atoms with Gasteiger partial charge in [-0.15, -0.1) is 0 Å². The van der Waals surface area contributed by atoms with Gasteiger partial charge in [0.1, 0.15) is 0 Å². The highest BCUT2D eigenvalue weighted by Gasteiger charge is 2.46. The van der Waals surface area contributed by atoms with Gasteiger partial charge in [-0.1, -0.05) is 6.42 Å². The monoisotopic (exact) mass is 406 g/mol. The Morgan fingerprint density at radius 1 is 0.724 bits per heavy atom. The average Bonchev–Trinajstić information content (AvgIpc) is 3.19. The molecule has 6 heteroatoms. The Labute approximate surface area is 176 Å². The molecule has 6 nitrogen and oxygen atoms in total. The van der Waals surface area contributed by atoms with Gasteiger partial charge in [-0.2, -0.15) is 0 Å². The van der Waals surface area contributed by atoms with Gasteiger partial charge in [-0.05, 0) is 89.3 Å². The lowest BCUT2D eigenvalue weighted by atomic mass is 9.70. The van der Waals surface area contributed by atoms with Crippen LogP contribution in [0.25, 0.3) is 0 Å². The van der Waals surface area contributed by atoms with Gasteiger partial charge >= 0.3 is 0 Å². The summed E-state index contributed by atoms with van der Waals surface area (Å²) in [6.07, 6.45) is 13.6. The van der Waals surface area contributed by atoms with Crippen LogP contribution < -0.4 is 16.2 Å². The van der Waals surface area contributed by atoms with Gasteiger partial charge in [0.25, 0.3) is 0 Å². The summed E-state index contributed by atoms with van der Waals surface area (Å²) in [6, 6.07) is 1.92. The van der Waals surface area contributed by atoms with Crippen molar-refractivity contribution < 1.29 is 9.47 Å². The second-order valence-corrected chi connectivity index (χ2v) is 10.2. The van der Waals surface area contributed by atoms with E-state index < -0.39 is 0 Å². The van der Waals surface area contributed by atoms with Gasteiger partial charge in [-0.25, -0.2) is 0 Å². The molecule has 3 aliphatic heterocycles. The fraction of sp³-hybridized carbons (Fsp3) is 1.00. The van der Waals surface area contributed by atoms with Crippen LogP contribution in [0.5, 0.6) is 0 Å². The molecular formula is C23H42N4O2. The number of hydrogen-bond acceptors (Lipinski definition) is 6. The first-order valence-electron chi connectivity index (χ1n) is 12.6. The molecule has 4 bridgehead atoms. The van der Waals surface area contributed by atoms with E-state index in [0.29, 0.717) is 42.2 Å². The van der Waals surface area contributed by atoms with Crippen LogP contribution in [0, 0.1) is 11.8 Å². The number of ether oxygens (including phenoxy) is 2. The molecule has 7 unspecified atom stereocenters. The van der Waals surface area contributed by atoms with E-state index in [1.165, 1.54) is 70.9 Å². The summed E-state index contributed by atoms with van der Waals surface area (Å²) in [6.45, 7) is 6.33. The molecule has 3 heterocycles. The zero-order valence-electron chi connectivity index (χ0n) is 18.1. The lowest BCUT2D eigenvalue weighted by molar-refractivity contribution is -0.0335. The molecule has 0 aromatic heterocycles. The third-order valence-corrected chi connectivity index (χ3v) is 8.32. The van der Waals surface area contributed by atoms with Crippen molar-refractivity contribution >= 4 is 0 Å². The Kier molecular flexibility index (Phi) is 7.07. The van der Waals surface area contributed by atoms with Gasteiger partial charge in [0, 0.05) is 31.3 Å². The average molecular weight is 407 g/mol. The van der Waals surface area contributed by atoms with Crippen LogP contribution in [-0.4, -0.2) is 74.6 Å². The fourth-order valence-electron chi connectivity index (χ4n) is 6.83. The van der Waals surface area contributed by atoms with Crippen molar-refractivity contribution in [3.8, 4) is 0 Å². The number of fused-ring (bicyclic) bond motifs is 4. The minimum atomic E-state index is 0.420. The second kappa shape index (κ2) is 9.92. The second-order valence-electron chi connectivity index (χ2n) is 10.2. The summed E-state index contributed by atoms with van der Waals surface area (Å²) in [7, 11) is 0. The van der Waals surface area contributed by atoms with Gasteiger partial charge in [-0.3, -0.25) is 10.9 Å². The molecule has 5 fully saturated rings. The fourth-order valence-corrected chi connectivity index (χ4v) is 6.83. The standard InChI is InChI=1S/C23H42N4O2/c1-2-9-27(10-3-1)18-13-17-14-20(15-18)29-12-8-24-7-4-11-28-19-5-6-22-21(16-19)23(17)26-25-22/h17-26H,1-16H2. The van der Waals surface area contributed by atoms with Gasteiger partial charge in [0.05, 0.1) is 18.8 Å². The van der Waals surface area contributed by atoms with Crippen molar-refractivity contribution in [1.29, 1.82) is 0 Å². The summed E-state index contributed by atoms with van der Waals surface area (Å²) in [5.41, 5.74) is 7.44. The van der Waals surface area contributed by atoms with E-state index in [9.17, 15) is 0 Å². The number of hydrazine groups is 1. The number of nitrogens with one attached hydrogen (secondary N) is 3. The number of piperidine rings is 1. The maximum absolute atomic E-state index is 6.45. The first-order valence-corrected chi connectivity index (χ1v) is 12.6. The topological polar surface area (TPSA) is 57.8 Å². The van der Waals surface area contributed by atoms with Crippen molar-refractivity contribution in [1.82, 2.24) is 21.1 Å². The molecule has 2 aliphatic carbocycles. The first kappa shape index (κ1) is 20.7. The van der Waals surface area contributed by atoms with Crippen molar-refractivity contribution in [2.75, 3.05) is 39.4 Å². The van der Waals surface area contributed by atoms with E-state index in [2.05, 4.69) is 21.1 Å². The first-order chi connectivity index (χ1) is 14.4. The molecule has 0 radical (unpaired) electrons. The number of likely N-dealkylation sites (tertiary alicyclic amines) is 1. The lowest BCUT2D eigenvalue weighted by Crippen LogP contribution is -2.50. The molecule has 0 aromatic rings. The summed E-state index contributed by atoms with van der Waals surface area (Å²) in [5.74, 6) is 1.42. The van der Waals surface area contributed by atoms with Crippen LogP contribution in [0.3, 0.4) is 0 Å². The Morgan fingerprint density at radius 2 is 1.62 bits per heavy atom. The van der Waals surface area contributed by atoms with E-state index in [1.807, 2.05) is 0 Å². The van der Waals surface area contributed by atoms with Gasteiger partial charge < -0.3 is 19.7 Å². The molecule has 166 valence electrons.